The van der Waals surface area contributed by atoms with Gasteiger partial charge in [0.1, 0.15) is 0 Å². The summed E-state index contributed by atoms with van der Waals surface area (Å²) in [4.78, 5) is 25.3. The molecule has 1 aliphatic carbocycles. The SMILES string of the molecule is COC(=O)CSCCCS[C@H]1C(=O)C(C)(C)[C@@H](O)[C@@H]1/C=C/C(O)CCc1sc2ccccc2c1Cl. The minimum absolute atomic E-state index is 0.0402. The molecule has 1 fully saturated rings. The van der Waals surface area contributed by atoms with Gasteiger partial charge in [-0.3, -0.25) is 9.59 Å². The van der Waals surface area contributed by atoms with Crippen LogP contribution in [0.15, 0.2) is 36.4 Å². The molecular weight excluding hydrogens is 524 g/mol. The number of aliphatic hydroxyl groups is 2. The highest BCUT2D eigenvalue weighted by molar-refractivity contribution is 8.01. The largest absolute Gasteiger partial charge is 0.468 e. The van der Waals surface area contributed by atoms with Crippen LogP contribution < -0.4 is 0 Å². The number of aryl methyl sites for hydroxylation is 1. The van der Waals surface area contributed by atoms with Crippen molar-refractivity contribution in [3.63, 3.8) is 0 Å². The molecule has 1 aliphatic rings. The summed E-state index contributed by atoms with van der Waals surface area (Å²) in [5.74, 6) is 1.33. The second-order valence-electron chi connectivity index (χ2n) is 9.21. The number of thioether (sulfide) groups is 2. The molecule has 2 N–H and O–H groups in total. The number of aliphatic hydroxyl groups excluding tert-OH is 2. The molecule has 192 valence electrons. The van der Waals surface area contributed by atoms with Crippen molar-refractivity contribution >= 4 is 68.3 Å². The lowest BCUT2D eigenvalue weighted by molar-refractivity contribution is -0.137. The van der Waals surface area contributed by atoms with Gasteiger partial charge in [0.25, 0.3) is 0 Å². The number of rotatable bonds is 12. The third-order valence-electron chi connectivity index (χ3n) is 6.35. The fraction of sp³-hybridized carbons (Fsp3) is 0.538. The van der Waals surface area contributed by atoms with E-state index in [4.69, 9.17) is 11.6 Å². The molecular formula is C26H33ClO5S3. The van der Waals surface area contributed by atoms with Crippen LogP contribution in [0.1, 0.15) is 31.6 Å². The Bertz CT molecular complexity index is 1050. The van der Waals surface area contributed by atoms with E-state index in [1.54, 1.807) is 43.0 Å². The average Bonchev–Trinajstić information content (AvgIpc) is 3.25. The summed E-state index contributed by atoms with van der Waals surface area (Å²) < 4.78 is 5.77. The smallest absolute Gasteiger partial charge is 0.315 e. The standard InChI is InChI=1S/C26H33ClO5S3/c1-26(2)24(30)18(23(25(26)31)34-14-6-13-33-15-21(29)32-3)11-9-16(28)10-12-20-22(27)17-7-4-5-8-19(17)35-20/h4-5,7-9,11,16,18,23-24,28,30H,6,10,12-15H2,1-3H3/b11-9+/t16?,18-,23-,24+/m1/s1. The van der Waals surface area contributed by atoms with Gasteiger partial charge in [-0.2, -0.15) is 11.8 Å². The lowest BCUT2D eigenvalue weighted by atomic mass is 9.86. The Balaban J connectivity index is 1.55. The van der Waals surface area contributed by atoms with Gasteiger partial charge in [-0.05, 0) is 36.8 Å². The first-order valence-corrected chi connectivity index (χ1v) is 15.1. The van der Waals surface area contributed by atoms with Crippen LogP contribution in [-0.2, 0) is 20.7 Å². The van der Waals surface area contributed by atoms with Crippen LogP contribution in [0.2, 0.25) is 5.02 Å². The second-order valence-corrected chi connectivity index (χ2v) is 13.1. The van der Waals surface area contributed by atoms with Crippen molar-refractivity contribution in [2.45, 2.75) is 50.6 Å². The molecule has 0 amide bonds. The molecule has 1 aromatic carbocycles. The van der Waals surface area contributed by atoms with Crippen LogP contribution in [0, 0.1) is 11.3 Å². The highest BCUT2D eigenvalue weighted by Crippen LogP contribution is 2.45. The first kappa shape index (κ1) is 28.5. The average molecular weight is 557 g/mol. The van der Waals surface area contributed by atoms with E-state index in [1.807, 2.05) is 30.3 Å². The van der Waals surface area contributed by atoms with Crippen LogP contribution in [0.3, 0.4) is 0 Å². The first-order chi connectivity index (χ1) is 16.7. The topological polar surface area (TPSA) is 83.8 Å². The molecule has 5 nitrogen and oxygen atoms in total. The van der Waals surface area contributed by atoms with Crippen molar-refractivity contribution in [2.75, 3.05) is 24.4 Å². The van der Waals surface area contributed by atoms with E-state index in [-0.39, 0.29) is 22.9 Å². The fourth-order valence-electron chi connectivity index (χ4n) is 4.17. The van der Waals surface area contributed by atoms with Gasteiger partial charge in [-0.1, -0.05) is 55.8 Å². The minimum Gasteiger partial charge on any atom is -0.468 e. The number of methoxy groups -OCH3 is 1. The van der Waals surface area contributed by atoms with Crippen molar-refractivity contribution in [1.82, 2.24) is 0 Å². The van der Waals surface area contributed by atoms with Gasteiger partial charge in [0.2, 0.25) is 0 Å². The number of hydrogen-bond donors (Lipinski definition) is 2. The number of carbonyl (C=O) groups is 2. The van der Waals surface area contributed by atoms with Gasteiger partial charge < -0.3 is 14.9 Å². The molecule has 9 heteroatoms. The Morgan fingerprint density at radius 2 is 2.06 bits per heavy atom. The van der Waals surface area contributed by atoms with E-state index in [2.05, 4.69) is 4.74 Å². The number of fused-ring (bicyclic) bond motifs is 1. The predicted molar refractivity (Wildman–Crippen MR) is 149 cm³/mol. The van der Waals surface area contributed by atoms with Gasteiger partial charge >= 0.3 is 5.97 Å². The lowest BCUT2D eigenvalue weighted by Gasteiger charge is -2.22. The molecule has 0 saturated heterocycles. The van der Waals surface area contributed by atoms with Crippen LogP contribution in [0.4, 0.5) is 0 Å². The summed E-state index contributed by atoms with van der Waals surface area (Å²) >= 11 is 11.2. The molecule has 35 heavy (non-hydrogen) atoms. The van der Waals surface area contributed by atoms with E-state index >= 15 is 0 Å². The van der Waals surface area contributed by atoms with Crippen LogP contribution in [0.25, 0.3) is 10.1 Å². The summed E-state index contributed by atoms with van der Waals surface area (Å²) in [6.07, 6.45) is 4.05. The number of ether oxygens (including phenoxy) is 1. The van der Waals surface area contributed by atoms with E-state index in [0.717, 1.165) is 37.9 Å². The number of halogens is 1. The zero-order chi connectivity index (χ0) is 25.6. The van der Waals surface area contributed by atoms with Gasteiger partial charge in [0.05, 0.1) is 40.8 Å². The molecule has 1 unspecified atom stereocenters. The summed E-state index contributed by atoms with van der Waals surface area (Å²) in [5.41, 5.74) is -0.831. The van der Waals surface area contributed by atoms with Crippen molar-refractivity contribution < 1.29 is 24.5 Å². The van der Waals surface area contributed by atoms with Crippen molar-refractivity contribution in [2.24, 2.45) is 11.3 Å². The van der Waals surface area contributed by atoms with E-state index in [0.29, 0.717) is 18.6 Å². The van der Waals surface area contributed by atoms with Gasteiger partial charge in [0.15, 0.2) is 5.78 Å². The number of ketones is 1. The Morgan fingerprint density at radius 1 is 1.31 bits per heavy atom. The van der Waals surface area contributed by atoms with Crippen molar-refractivity contribution in [3.05, 3.63) is 46.3 Å². The Labute approximate surface area is 224 Å². The predicted octanol–water partition coefficient (Wildman–Crippen LogP) is 5.39. The summed E-state index contributed by atoms with van der Waals surface area (Å²) in [6, 6.07) is 8.00. The zero-order valence-electron chi connectivity index (χ0n) is 20.2. The Hall–Kier alpha value is -1.03. The second kappa shape index (κ2) is 13.0. The normalized spacial score (nSPS) is 22.8. The molecule has 4 atom stereocenters. The monoisotopic (exact) mass is 556 g/mol. The zero-order valence-corrected chi connectivity index (χ0v) is 23.4. The first-order valence-electron chi connectivity index (χ1n) is 11.7. The molecule has 2 aromatic rings. The van der Waals surface area contributed by atoms with Crippen molar-refractivity contribution in [3.8, 4) is 0 Å². The number of hydrogen-bond acceptors (Lipinski definition) is 8. The third-order valence-corrected chi connectivity index (χ3v) is 10.6. The number of esters is 1. The van der Waals surface area contributed by atoms with Crippen LogP contribution in [-0.4, -0.2) is 63.8 Å². The van der Waals surface area contributed by atoms with Crippen LogP contribution >= 0.6 is 46.5 Å². The summed E-state index contributed by atoms with van der Waals surface area (Å²) in [7, 11) is 1.38. The maximum atomic E-state index is 13.0. The molecule has 0 spiro atoms. The molecule has 3 rings (SSSR count). The van der Waals surface area contributed by atoms with E-state index < -0.39 is 17.6 Å². The maximum Gasteiger partial charge on any atom is 0.315 e. The summed E-state index contributed by atoms with van der Waals surface area (Å²) in [5, 5.41) is 22.9. The third kappa shape index (κ3) is 7.05. The van der Waals surface area contributed by atoms with Gasteiger partial charge in [0, 0.05) is 20.9 Å². The number of thiophene rings is 1. The highest BCUT2D eigenvalue weighted by atomic mass is 35.5. The molecule has 0 radical (unpaired) electrons. The lowest BCUT2D eigenvalue weighted by Crippen LogP contribution is -2.31. The number of Topliss-reactive ketones (excluding diaryl/α,β-unsaturated/α-hetero) is 1. The number of carbonyl (C=O) groups excluding carboxylic acids is 2. The highest BCUT2D eigenvalue weighted by Gasteiger charge is 2.53. The molecule has 1 aromatic heterocycles. The molecule has 0 bridgehead atoms. The Kier molecular flexibility index (Phi) is 10.6. The Morgan fingerprint density at radius 3 is 2.77 bits per heavy atom. The number of benzene rings is 1. The van der Waals surface area contributed by atoms with Gasteiger partial charge in [-0.25, -0.2) is 0 Å². The quantitative estimate of drug-likeness (QED) is 0.206. The molecule has 1 heterocycles. The minimum atomic E-state index is -0.831. The van der Waals surface area contributed by atoms with E-state index in [1.165, 1.54) is 18.9 Å². The fourth-order valence-corrected chi connectivity index (χ4v) is 8.15. The van der Waals surface area contributed by atoms with E-state index in [9.17, 15) is 19.8 Å². The summed E-state index contributed by atoms with van der Waals surface area (Å²) in [6.45, 7) is 3.57. The molecule has 0 aliphatic heterocycles. The van der Waals surface area contributed by atoms with Crippen LogP contribution in [0.5, 0.6) is 0 Å². The maximum absolute atomic E-state index is 13.0. The molecule has 1 saturated carbocycles. The van der Waals surface area contributed by atoms with Gasteiger partial charge in [-0.15, -0.1) is 23.1 Å². The van der Waals surface area contributed by atoms with Crippen molar-refractivity contribution in [1.29, 1.82) is 0 Å².